The van der Waals surface area contributed by atoms with Crippen LogP contribution in [0.3, 0.4) is 0 Å². The Labute approximate surface area is 154 Å². The number of halogens is 1. The molecule has 2 N–H and O–H groups in total. The van der Waals surface area contributed by atoms with Crippen LogP contribution < -0.4 is 10.2 Å². The van der Waals surface area contributed by atoms with Crippen molar-refractivity contribution in [3.05, 3.63) is 57.6 Å². The minimum absolute atomic E-state index is 0.107. The highest BCUT2D eigenvalue weighted by Crippen LogP contribution is 2.35. The smallest absolute Gasteiger partial charge is 0.277 e. The van der Waals surface area contributed by atoms with Gasteiger partial charge in [0.05, 0.1) is 10.7 Å². The van der Waals surface area contributed by atoms with E-state index < -0.39 is 0 Å². The van der Waals surface area contributed by atoms with Crippen molar-refractivity contribution in [3.8, 4) is 11.5 Å². The maximum absolute atomic E-state index is 11.9. The number of nitrogens with zero attached hydrogens (tertiary/aromatic N) is 1. The van der Waals surface area contributed by atoms with Gasteiger partial charge in [-0.15, -0.1) is 0 Å². The Kier molecular flexibility index (Phi) is 5.71. The first-order valence-electron chi connectivity index (χ1n) is 8.17. The summed E-state index contributed by atoms with van der Waals surface area (Å²) in [6.07, 6.45) is 6.05. The zero-order valence-corrected chi connectivity index (χ0v) is 15.3. The molecular formula is C19H19BrN2O3. The number of ether oxygens (including phenoxy) is 1. The molecule has 1 amide bonds. The summed E-state index contributed by atoms with van der Waals surface area (Å²) in [7, 11) is 0. The Morgan fingerprint density at radius 1 is 1.20 bits per heavy atom. The lowest BCUT2D eigenvalue weighted by molar-refractivity contribution is -0.123. The first kappa shape index (κ1) is 17.5. The number of carbonyl (C=O) groups is 1. The third kappa shape index (κ3) is 4.60. The van der Waals surface area contributed by atoms with Crippen molar-refractivity contribution >= 4 is 28.1 Å². The van der Waals surface area contributed by atoms with E-state index in [-0.39, 0.29) is 18.3 Å². The van der Waals surface area contributed by atoms with Gasteiger partial charge in [0, 0.05) is 0 Å². The number of phenols is 1. The van der Waals surface area contributed by atoms with Gasteiger partial charge in [-0.1, -0.05) is 6.07 Å². The van der Waals surface area contributed by atoms with Crippen LogP contribution in [0, 0.1) is 0 Å². The van der Waals surface area contributed by atoms with E-state index in [4.69, 9.17) is 4.74 Å². The lowest BCUT2D eigenvalue weighted by atomic mass is 9.92. The zero-order chi connectivity index (χ0) is 17.6. The number of hydrazone groups is 1. The lowest BCUT2D eigenvalue weighted by Gasteiger charge is -2.19. The van der Waals surface area contributed by atoms with Crippen molar-refractivity contribution in [2.45, 2.75) is 25.7 Å². The fourth-order valence-corrected chi connectivity index (χ4v) is 3.49. The van der Waals surface area contributed by atoms with E-state index in [9.17, 15) is 9.90 Å². The molecule has 0 bridgehead atoms. The van der Waals surface area contributed by atoms with Crippen molar-refractivity contribution in [2.24, 2.45) is 5.10 Å². The van der Waals surface area contributed by atoms with Crippen LogP contribution in [0.4, 0.5) is 0 Å². The normalized spacial score (nSPS) is 13.5. The Hall–Kier alpha value is -2.34. The summed E-state index contributed by atoms with van der Waals surface area (Å²) in [6.45, 7) is -0.107. The van der Waals surface area contributed by atoms with E-state index in [1.165, 1.54) is 30.2 Å². The number of carbonyl (C=O) groups excluding carboxylic acids is 1. The van der Waals surface area contributed by atoms with Gasteiger partial charge in [0.25, 0.3) is 5.91 Å². The van der Waals surface area contributed by atoms with Crippen LogP contribution in [0.15, 0.2) is 46.0 Å². The van der Waals surface area contributed by atoms with Crippen molar-refractivity contribution in [3.63, 3.8) is 0 Å². The number of hydrogen-bond donors (Lipinski definition) is 2. The lowest BCUT2D eigenvalue weighted by Crippen LogP contribution is -2.24. The highest BCUT2D eigenvalue weighted by molar-refractivity contribution is 9.10. The zero-order valence-electron chi connectivity index (χ0n) is 13.7. The molecule has 2 aromatic rings. The molecule has 2 aromatic carbocycles. The molecule has 5 nitrogen and oxygen atoms in total. The summed E-state index contributed by atoms with van der Waals surface area (Å²) in [5.74, 6) is 0.531. The Morgan fingerprint density at radius 3 is 2.76 bits per heavy atom. The van der Waals surface area contributed by atoms with Gasteiger partial charge in [0.15, 0.2) is 6.61 Å². The number of rotatable bonds is 5. The maximum atomic E-state index is 11.9. The molecule has 0 fully saturated rings. The molecular weight excluding hydrogens is 384 g/mol. The number of phenolic OH excluding ortho intramolecular Hbond substituents is 1. The van der Waals surface area contributed by atoms with Crippen LogP contribution in [0.1, 0.15) is 29.5 Å². The predicted molar refractivity (Wildman–Crippen MR) is 100 cm³/mol. The second-order valence-electron chi connectivity index (χ2n) is 5.90. The van der Waals surface area contributed by atoms with Gasteiger partial charge in [-0.25, -0.2) is 5.43 Å². The van der Waals surface area contributed by atoms with Crippen LogP contribution in [0.2, 0.25) is 0 Å². The number of fused-ring (bicyclic) bond motifs is 1. The Morgan fingerprint density at radius 2 is 1.96 bits per heavy atom. The molecule has 0 atom stereocenters. The van der Waals surface area contributed by atoms with Crippen molar-refractivity contribution in [1.82, 2.24) is 5.43 Å². The average Bonchev–Trinajstić information content (AvgIpc) is 2.63. The van der Waals surface area contributed by atoms with Crippen LogP contribution in [0.25, 0.3) is 0 Å². The average molecular weight is 403 g/mol. The molecule has 25 heavy (non-hydrogen) atoms. The quantitative estimate of drug-likeness (QED) is 0.593. The van der Waals surface area contributed by atoms with E-state index >= 15 is 0 Å². The third-order valence-electron chi connectivity index (χ3n) is 4.08. The summed E-state index contributed by atoms with van der Waals surface area (Å²) in [4.78, 5) is 11.9. The summed E-state index contributed by atoms with van der Waals surface area (Å²) in [6, 6.07) is 10.5. The third-order valence-corrected chi connectivity index (χ3v) is 4.95. The largest absolute Gasteiger partial charge is 0.508 e. The summed E-state index contributed by atoms with van der Waals surface area (Å²) in [5.41, 5.74) is 5.84. The van der Waals surface area contributed by atoms with Crippen LogP contribution in [-0.2, 0) is 17.6 Å². The van der Waals surface area contributed by atoms with E-state index in [1.54, 1.807) is 24.3 Å². The first-order valence-corrected chi connectivity index (χ1v) is 8.97. The van der Waals surface area contributed by atoms with Crippen LogP contribution in [0.5, 0.6) is 11.5 Å². The van der Waals surface area contributed by atoms with E-state index in [0.29, 0.717) is 5.75 Å². The van der Waals surface area contributed by atoms with Gasteiger partial charge in [-0.3, -0.25) is 4.79 Å². The number of amides is 1. The fourth-order valence-electron chi connectivity index (χ4n) is 2.79. The van der Waals surface area contributed by atoms with Gasteiger partial charge in [0.2, 0.25) is 0 Å². The highest BCUT2D eigenvalue weighted by atomic mass is 79.9. The molecule has 130 valence electrons. The molecule has 0 radical (unpaired) electrons. The molecule has 0 saturated carbocycles. The fraction of sp³-hybridized carbons (Fsp3) is 0.263. The molecule has 0 aliphatic heterocycles. The summed E-state index contributed by atoms with van der Waals surface area (Å²) in [5, 5.41) is 13.1. The second-order valence-corrected chi connectivity index (χ2v) is 6.69. The van der Waals surface area contributed by atoms with Gasteiger partial charge in [-0.05, 0) is 88.6 Å². The van der Waals surface area contributed by atoms with Crippen molar-refractivity contribution < 1.29 is 14.6 Å². The topological polar surface area (TPSA) is 70.9 Å². The molecule has 0 unspecified atom stereocenters. The molecule has 1 aliphatic carbocycles. The summed E-state index contributed by atoms with van der Waals surface area (Å²) < 4.78 is 6.57. The number of nitrogens with one attached hydrogen (secondary N) is 1. The van der Waals surface area contributed by atoms with Crippen molar-refractivity contribution in [2.75, 3.05) is 6.61 Å². The molecule has 6 heteroatoms. The van der Waals surface area contributed by atoms with Gasteiger partial charge in [-0.2, -0.15) is 5.10 Å². The maximum Gasteiger partial charge on any atom is 0.277 e. The van der Waals surface area contributed by atoms with E-state index in [2.05, 4.69) is 32.5 Å². The van der Waals surface area contributed by atoms with Crippen molar-refractivity contribution in [1.29, 1.82) is 0 Å². The number of benzene rings is 2. The second kappa shape index (κ2) is 8.16. The summed E-state index contributed by atoms with van der Waals surface area (Å²) >= 11 is 3.60. The molecule has 0 aromatic heterocycles. The Balaban J connectivity index is 1.53. The first-order chi connectivity index (χ1) is 12.1. The molecule has 0 saturated heterocycles. The number of hydrogen-bond acceptors (Lipinski definition) is 4. The standard InChI is InChI=1S/C19H19BrN2O3/c20-19-16-4-2-1-3-14(16)7-10-17(19)25-12-18(24)22-21-11-13-5-8-15(23)9-6-13/h5-11,23H,1-4,12H2,(H,22,24)/b21-11-. The van der Waals surface area contributed by atoms with Crippen LogP contribution in [-0.4, -0.2) is 23.8 Å². The Bertz CT molecular complexity index is 788. The van der Waals surface area contributed by atoms with Gasteiger partial charge in [0.1, 0.15) is 11.5 Å². The highest BCUT2D eigenvalue weighted by Gasteiger charge is 2.16. The predicted octanol–water partition coefficient (Wildman–Crippen LogP) is 3.56. The minimum Gasteiger partial charge on any atom is -0.508 e. The van der Waals surface area contributed by atoms with Gasteiger partial charge >= 0.3 is 0 Å². The monoisotopic (exact) mass is 402 g/mol. The SMILES string of the molecule is O=C(COc1ccc2c(c1Br)CCCC2)N/N=C\c1ccc(O)cc1. The minimum atomic E-state index is -0.334. The van der Waals surface area contributed by atoms with Crippen LogP contribution >= 0.6 is 15.9 Å². The molecule has 0 spiro atoms. The molecule has 1 aliphatic rings. The van der Waals surface area contributed by atoms with Gasteiger partial charge < -0.3 is 9.84 Å². The molecule has 3 rings (SSSR count). The molecule has 0 heterocycles. The van der Waals surface area contributed by atoms with E-state index in [1.807, 2.05) is 6.07 Å². The van der Waals surface area contributed by atoms with E-state index in [0.717, 1.165) is 22.9 Å². The number of aromatic hydroxyl groups is 1. The number of aryl methyl sites for hydroxylation is 1.